The van der Waals surface area contributed by atoms with Gasteiger partial charge in [0.05, 0.1) is 23.9 Å². The third kappa shape index (κ3) is 4.45. The van der Waals surface area contributed by atoms with Crippen LogP contribution >= 0.6 is 23.2 Å². The Hall–Kier alpha value is -0.570. The summed E-state index contributed by atoms with van der Waals surface area (Å²) in [7, 11) is -3.76. The van der Waals surface area contributed by atoms with Crippen LogP contribution in [-0.4, -0.2) is 52.7 Å². The Balaban J connectivity index is 2.01. The van der Waals surface area contributed by atoms with Gasteiger partial charge in [0.15, 0.2) is 0 Å². The first-order valence-electron chi connectivity index (χ1n) is 6.44. The van der Waals surface area contributed by atoms with E-state index in [0.717, 1.165) is 13.1 Å². The van der Waals surface area contributed by atoms with E-state index in [4.69, 9.17) is 33.7 Å². The van der Waals surface area contributed by atoms with Gasteiger partial charge in [0.1, 0.15) is 4.90 Å². The molecule has 1 heterocycles. The van der Waals surface area contributed by atoms with Crippen LogP contribution in [0.5, 0.6) is 0 Å². The molecule has 21 heavy (non-hydrogen) atoms. The molecular weight excluding hydrogens is 337 g/mol. The van der Waals surface area contributed by atoms with E-state index in [1.54, 1.807) is 0 Å². The van der Waals surface area contributed by atoms with Gasteiger partial charge in [-0.3, -0.25) is 4.90 Å². The second-order valence-electron chi connectivity index (χ2n) is 4.66. The molecule has 0 aromatic heterocycles. The summed E-state index contributed by atoms with van der Waals surface area (Å²) in [4.78, 5) is 1.99. The van der Waals surface area contributed by atoms with Gasteiger partial charge >= 0.3 is 0 Å². The van der Waals surface area contributed by atoms with Crippen LogP contribution in [0.25, 0.3) is 0 Å². The van der Waals surface area contributed by atoms with Crippen LogP contribution in [0, 0.1) is 0 Å². The molecule has 0 saturated carbocycles. The molecule has 118 valence electrons. The van der Waals surface area contributed by atoms with Crippen molar-refractivity contribution in [3.63, 3.8) is 0 Å². The van der Waals surface area contributed by atoms with Crippen molar-refractivity contribution in [1.29, 1.82) is 0 Å². The summed E-state index contributed by atoms with van der Waals surface area (Å²) in [5.41, 5.74) is 5.74. The number of anilines is 1. The molecule has 0 aliphatic carbocycles. The molecule has 0 unspecified atom stereocenters. The largest absolute Gasteiger partial charge is 0.398 e. The minimum Gasteiger partial charge on any atom is -0.398 e. The van der Waals surface area contributed by atoms with Crippen molar-refractivity contribution in [1.82, 2.24) is 9.62 Å². The number of morpholine rings is 1. The molecule has 2 rings (SSSR count). The second kappa shape index (κ2) is 7.13. The molecule has 1 aliphatic heterocycles. The van der Waals surface area contributed by atoms with Crippen molar-refractivity contribution in [3.8, 4) is 0 Å². The first kappa shape index (κ1) is 16.8. The fourth-order valence-corrected chi connectivity index (χ4v) is 4.10. The molecule has 6 nitrogen and oxygen atoms in total. The Labute approximate surface area is 134 Å². The zero-order chi connectivity index (χ0) is 15.5. The zero-order valence-corrected chi connectivity index (χ0v) is 13.6. The van der Waals surface area contributed by atoms with Crippen LogP contribution in [-0.2, 0) is 14.8 Å². The molecule has 0 bridgehead atoms. The van der Waals surface area contributed by atoms with Gasteiger partial charge in [0, 0.05) is 31.2 Å². The van der Waals surface area contributed by atoms with Crippen molar-refractivity contribution >= 4 is 38.9 Å². The molecule has 0 atom stereocenters. The number of ether oxygens (including phenoxy) is 1. The zero-order valence-electron chi connectivity index (χ0n) is 11.3. The van der Waals surface area contributed by atoms with Crippen molar-refractivity contribution in [2.24, 2.45) is 0 Å². The van der Waals surface area contributed by atoms with Crippen LogP contribution in [0.4, 0.5) is 5.69 Å². The molecule has 1 fully saturated rings. The normalized spacial score (nSPS) is 17.0. The average Bonchev–Trinajstić information content (AvgIpc) is 2.38. The number of halogens is 2. The molecule has 1 aliphatic rings. The third-order valence-electron chi connectivity index (χ3n) is 3.13. The summed E-state index contributed by atoms with van der Waals surface area (Å²) in [6.45, 7) is 3.82. The first-order valence-corrected chi connectivity index (χ1v) is 8.68. The van der Waals surface area contributed by atoms with Gasteiger partial charge in [-0.15, -0.1) is 0 Å². The maximum absolute atomic E-state index is 12.3. The molecular formula is C12H17Cl2N3O3S. The van der Waals surface area contributed by atoms with Gasteiger partial charge in [-0.05, 0) is 12.1 Å². The Morgan fingerprint density at radius 2 is 1.95 bits per heavy atom. The molecule has 0 spiro atoms. The van der Waals surface area contributed by atoms with E-state index in [2.05, 4.69) is 9.62 Å². The minimum atomic E-state index is -3.76. The predicted molar refractivity (Wildman–Crippen MR) is 83.3 cm³/mol. The highest BCUT2D eigenvalue weighted by Gasteiger charge is 2.22. The highest BCUT2D eigenvalue weighted by molar-refractivity contribution is 7.89. The molecule has 9 heteroatoms. The molecule has 0 radical (unpaired) electrons. The fourth-order valence-electron chi connectivity index (χ4n) is 2.10. The SMILES string of the molecule is Nc1cc(Cl)cc(Cl)c1S(=O)(=O)NCCN1CCOCC1. The highest BCUT2D eigenvalue weighted by atomic mass is 35.5. The number of hydrogen-bond acceptors (Lipinski definition) is 5. The summed E-state index contributed by atoms with van der Waals surface area (Å²) < 4.78 is 32.3. The van der Waals surface area contributed by atoms with Crippen molar-refractivity contribution in [2.45, 2.75) is 4.90 Å². The van der Waals surface area contributed by atoms with E-state index in [0.29, 0.717) is 24.8 Å². The lowest BCUT2D eigenvalue weighted by atomic mass is 10.3. The number of nitrogens with two attached hydrogens (primary N) is 1. The lowest BCUT2D eigenvalue weighted by Crippen LogP contribution is -2.41. The van der Waals surface area contributed by atoms with Gasteiger partial charge in [0.25, 0.3) is 0 Å². The van der Waals surface area contributed by atoms with Crippen LogP contribution in [0.15, 0.2) is 17.0 Å². The monoisotopic (exact) mass is 353 g/mol. The Kier molecular flexibility index (Phi) is 5.70. The van der Waals surface area contributed by atoms with Gasteiger partial charge in [-0.2, -0.15) is 0 Å². The predicted octanol–water partition coefficient (Wildman–Crippen LogP) is 1.19. The topological polar surface area (TPSA) is 84.7 Å². The van der Waals surface area contributed by atoms with Gasteiger partial charge < -0.3 is 10.5 Å². The summed E-state index contributed by atoms with van der Waals surface area (Å²) >= 11 is 11.7. The minimum absolute atomic E-state index is 0.0128. The second-order valence-corrected chi connectivity index (χ2v) is 7.21. The number of hydrogen-bond donors (Lipinski definition) is 2. The van der Waals surface area contributed by atoms with E-state index in [1.807, 2.05) is 0 Å². The smallest absolute Gasteiger partial charge is 0.244 e. The van der Waals surface area contributed by atoms with Crippen LogP contribution in [0.3, 0.4) is 0 Å². The van der Waals surface area contributed by atoms with Crippen LogP contribution in [0.1, 0.15) is 0 Å². The summed E-state index contributed by atoms with van der Waals surface area (Å²) in [6.07, 6.45) is 0. The number of nitrogens with one attached hydrogen (secondary N) is 1. The van der Waals surface area contributed by atoms with Crippen molar-refractivity contribution in [2.75, 3.05) is 45.1 Å². The Morgan fingerprint density at radius 3 is 2.57 bits per heavy atom. The lowest BCUT2D eigenvalue weighted by molar-refractivity contribution is 0.0390. The van der Waals surface area contributed by atoms with Crippen LogP contribution < -0.4 is 10.5 Å². The van der Waals surface area contributed by atoms with E-state index in [9.17, 15) is 8.42 Å². The highest BCUT2D eigenvalue weighted by Crippen LogP contribution is 2.30. The molecule has 3 N–H and O–H groups in total. The average molecular weight is 354 g/mol. The lowest BCUT2D eigenvalue weighted by Gasteiger charge is -2.26. The summed E-state index contributed by atoms with van der Waals surface area (Å²) in [5, 5.41) is 0.309. The van der Waals surface area contributed by atoms with Gasteiger partial charge in [-0.25, -0.2) is 13.1 Å². The first-order chi connectivity index (χ1) is 9.90. The molecule has 1 aromatic carbocycles. The van der Waals surface area contributed by atoms with E-state index >= 15 is 0 Å². The Morgan fingerprint density at radius 1 is 1.29 bits per heavy atom. The Bertz CT molecular complexity index is 581. The summed E-state index contributed by atoms with van der Waals surface area (Å²) in [6, 6.07) is 2.72. The number of nitrogens with zero attached hydrogens (tertiary/aromatic N) is 1. The van der Waals surface area contributed by atoms with E-state index in [1.165, 1.54) is 12.1 Å². The van der Waals surface area contributed by atoms with E-state index < -0.39 is 10.0 Å². The third-order valence-corrected chi connectivity index (χ3v) is 5.34. The standard InChI is InChI=1S/C12H17Cl2N3O3S/c13-9-7-10(14)12(11(15)8-9)21(18,19)16-1-2-17-3-5-20-6-4-17/h7-8,16H,1-6,15H2. The summed E-state index contributed by atoms with van der Waals surface area (Å²) in [5.74, 6) is 0. The van der Waals surface area contributed by atoms with Crippen molar-refractivity contribution in [3.05, 3.63) is 22.2 Å². The maximum atomic E-state index is 12.3. The van der Waals surface area contributed by atoms with Crippen molar-refractivity contribution < 1.29 is 13.2 Å². The van der Waals surface area contributed by atoms with Gasteiger partial charge in [0.2, 0.25) is 10.0 Å². The number of rotatable bonds is 5. The van der Waals surface area contributed by atoms with E-state index in [-0.39, 0.29) is 22.2 Å². The number of sulfonamides is 1. The number of nitrogen functional groups attached to an aromatic ring is 1. The molecule has 1 aromatic rings. The maximum Gasteiger partial charge on any atom is 0.244 e. The molecule has 0 amide bonds. The quantitative estimate of drug-likeness (QED) is 0.776. The fraction of sp³-hybridized carbons (Fsp3) is 0.500. The van der Waals surface area contributed by atoms with Gasteiger partial charge in [-0.1, -0.05) is 23.2 Å². The number of benzene rings is 1. The van der Waals surface area contributed by atoms with Crippen LogP contribution in [0.2, 0.25) is 10.0 Å². The molecule has 1 saturated heterocycles.